The Morgan fingerprint density at radius 3 is 2.79 bits per heavy atom. The number of pyridine rings is 1. The van der Waals surface area contributed by atoms with E-state index in [0.717, 1.165) is 0 Å². The Balaban J connectivity index is 2.62. The van der Waals surface area contributed by atoms with Crippen LogP contribution in [0, 0.1) is 6.92 Å². The van der Waals surface area contributed by atoms with E-state index in [1.54, 1.807) is 25.1 Å². The molecule has 0 saturated heterocycles. The van der Waals surface area contributed by atoms with Crippen molar-refractivity contribution in [2.75, 3.05) is 7.11 Å². The molecule has 0 bridgehead atoms. The second kappa shape index (κ2) is 5.14. The van der Waals surface area contributed by atoms with E-state index < -0.39 is 5.97 Å². The number of ether oxygens (including phenoxy) is 1. The summed E-state index contributed by atoms with van der Waals surface area (Å²) in [6, 6.07) is 5.19. The first-order valence-corrected chi connectivity index (χ1v) is 5.93. The van der Waals surface area contributed by atoms with Gasteiger partial charge in [0.1, 0.15) is 5.75 Å². The first kappa shape index (κ1) is 13.1. The molecule has 0 aliphatic heterocycles. The van der Waals surface area contributed by atoms with E-state index in [0.29, 0.717) is 27.9 Å². The van der Waals surface area contributed by atoms with Crippen LogP contribution in [0.15, 0.2) is 23.0 Å². The molecular weight excluding hydrogens is 246 g/mol. The number of para-hydroxylation sites is 1. The maximum atomic E-state index is 12.3. The van der Waals surface area contributed by atoms with Crippen molar-refractivity contribution in [3.63, 3.8) is 0 Å². The van der Waals surface area contributed by atoms with Gasteiger partial charge in [-0.15, -0.1) is 0 Å². The van der Waals surface area contributed by atoms with Gasteiger partial charge in [0.25, 0.3) is 0 Å². The number of benzene rings is 1. The molecule has 1 heterocycles. The number of aliphatic carboxylic acids is 1. The Hall–Kier alpha value is -2.30. The Morgan fingerprint density at radius 1 is 1.42 bits per heavy atom. The van der Waals surface area contributed by atoms with Crippen molar-refractivity contribution >= 4 is 16.9 Å². The van der Waals surface area contributed by atoms with Gasteiger partial charge in [0, 0.05) is 22.6 Å². The molecule has 0 radical (unpaired) electrons. The summed E-state index contributed by atoms with van der Waals surface area (Å²) in [6.07, 6.45) is -0.00392. The molecular formula is C14H14NO4-. The van der Waals surface area contributed by atoms with Crippen molar-refractivity contribution in [2.45, 2.75) is 19.8 Å². The van der Waals surface area contributed by atoms with Crippen LogP contribution in [0.5, 0.6) is 5.75 Å². The zero-order valence-corrected chi connectivity index (χ0v) is 10.8. The number of carbonyl (C=O) groups excluding carboxylic acids is 1. The fraction of sp³-hybridized carbons (Fsp3) is 0.286. The molecule has 0 atom stereocenters. The minimum atomic E-state index is -1.16. The van der Waals surface area contributed by atoms with Gasteiger partial charge in [0.15, 0.2) is 5.43 Å². The molecule has 0 fully saturated rings. The lowest BCUT2D eigenvalue weighted by molar-refractivity contribution is -0.305. The third-order valence-corrected chi connectivity index (χ3v) is 3.11. The van der Waals surface area contributed by atoms with Crippen LogP contribution >= 0.6 is 0 Å². The number of hydrogen-bond donors (Lipinski definition) is 1. The van der Waals surface area contributed by atoms with E-state index >= 15 is 0 Å². The van der Waals surface area contributed by atoms with E-state index in [4.69, 9.17) is 4.74 Å². The summed E-state index contributed by atoms with van der Waals surface area (Å²) in [5.74, 6) is -0.575. The topological polar surface area (TPSA) is 82.2 Å². The number of H-pyrrole nitrogens is 1. The molecule has 2 aromatic rings. The second-order valence-electron chi connectivity index (χ2n) is 4.31. The largest absolute Gasteiger partial charge is 0.550 e. The predicted octanol–water partition coefficient (Wildman–Crippen LogP) is 0.528. The number of rotatable bonds is 4. The van der Waals surface area contributed by atoms with Crippen LogP contribution < -0.4 is 15.3 Å². The lowest BCUT2D eigenvalue weighted by Crippen LogP contribution is -2.24. The minimum absolute atomic E-state index is 0.161. The molecule has 0 amide bonds. The van der Waals surface area contributed by atoms with Crippen LogP contribution in [0.3, 0.4) is 0 Å². The number of carbonyl (C=O) groups is 1. The molecule has 1 aromatic carbocycles. The first-order chi connectivity index (χ1) is 9.04. The van der Waals surface area contributed by atoms with Crippen molar-refractivity contribution in [3.8, 4) is 5.75 Å². The highest BCUT2D eigenvalue weighted by Gasteiger charge is 2.11. The van der Waals surface area contributed by atoms with Gasteiger partial charge in [-0.05, 0) is 31.9 Å². The van der Waals surface area contributed by atoms with Crippen LogP contribution in [-0.4, -0.2) is 18.1 Å². The Labute approximate surface area is 109 Å². The molecule has 19 heavy (non-hydrogen) atoms. The quantitative estimate of drug-likeness (QED) is 0.869. The van der Waals surface area contributed by atoms with E-state index in [9.17, 15) is 14.7 Å². The van der Waals surface area contributed by atoms with Gasteiger partial charge >= 0.3 is 0 Å². The summed E-state index contributed by atoms with van der Waals surface area (Å²) >= 11 is 0. The van der Waals surface area contributed by atoms with Crippen molar-refractivity contribution in [1.82, 2.24) is 4.98 Å². The van der Waals surface area contributed by atoms with Crippen molar-refractivity contribution in [1.29, 1.82) is 0 Å². The highest BCUT2D eigenvalue weighted by Crippen LogP contribution is 2.22. The third kappa shape index (κ3) is 2.45. The number of methoxy groups -OCH3 is 1. The van der Waals surface area contributed by atoms with Gasteiger partial charge in [0.05, 0.1) is 12.6 Å². The normalized spacial score (nSPS) is 10.6. The third-order valence-electron chi connectivity index (χ3n) is 3.11. The maximum Gasteiger partial charge on any atom is 0.192 e. The number of aryl methyl sites for hydroxylation is 1. The Morgan fingerprint density at radius 2 is 2.16 bits per heavy atom. The van der Waals surface area contributed by atoms with Gasteiger partial charge in [-0.2, -0.15) is 0 Å². The van der Waals surface area contributed by atoms with E-state index in [-0.39, 0.29) is 18.3 Å². The van der Waals surface area contributed by atoms with Gasteiger partial charge in [-0.3, -0.25) is 4.79 Å². The van der Waals surface area contributed by atoms with Crippen molar-refractivity contribution in [3.05, 3.63) is 39.7 Å². The molecule has 5 nitrogen and oxygen atoms in total. The van der Waals surface area contributed by atoms with Gasteiger partial charge in [-0.1, -0.05) is 6.07 Å². The molecule has 1 aromatic heterocycles. The second-order valence-corrected chi connectivity index (χ2v) is 4.31. The molecule has 0 aliphatic rings. The smallest absolute Gasteiger partial charge is 0.192 e. The average molecular weight is 260 g/mol. The number of carboxylic acids is 1. The van der Waals surface area contributed by atoms with Crippen molar-refractivity contribution in [2.24, 2.45) is 0 Å². The Bertz CT molecular complexity index is 688. The van der Waals surface area contributed by atoms with Gasteiger partial charge < -0.3 is 19.6 Å². The highest BCUT2D eigenvalue weighted by molar-refractivity contribution is 5.85. The molecule has 0 aliphatic carbocycles. The van der Waals surface area contributed by atoms with Crippen LogP contribution in [0.2, 0.25) is 0 Å². The number of carboxylic acid groups (broad SMARTS) is 1. The van der Waals surface area contributed by atoms with Crippen LogP contribution in [0.4, 0.5) is 0 Å². The van der Waals surface area contributed by atoms with E-state index in [1.165, 1.54) is 7.11 Å². The van der Waals surface area contributed by atoms with Crippen LogP contribution in [0.1, 0.15) is 17.7 Å². The predicted molar refractivity (Wildman–Crippen MR) is 69.2 cm³/mol. The summed E-state index contributed by atoms with van der Waals surface area (Å²) in [7, 11) is 1.53. The van der Waals surface area contributed by atoms with Gasteiger partial charge in [0.2, 0.25) is 0 Å². The summed E-state index contributed by atoms with van der Waals surface area (Å²) in [5.41, 5.74) is 1.60. The minimum Gasteiger partial charge on any atom is -0.550 e. The van der Waals surface area contributed by atoms with E-state index in [1.807, 2.05) is 0 Å². The highest BCUT2D eigenvalue weighted by atomic mass is 16.5. The Kier molecular flexibility index (Phi) is 3.55. The van der Waals surface area contributed by atoms with Crippen molar-refractivity contribution < 1.29 is 14.6 Å². The fourth-order valence-corrected chi connectivity index (χ4v) is 2.14. The lowest BCUT2D eigenvalue weighted by atomic mass is 10.0. The maximum absolute atomic E-state index is 12.3. The molecule has 100 valence electrons. The number of nitrogens with one attached hydrogen (secondary N) is 1. The monoisotopic (exact) mass is 260 g/mol. The number of aromatic nitrogens is 1. The van der Waals surface area contributed by atoms with Gasteiger partial charge in [-0.25, -0.2) is 0 Å². The summed E-state index contributed by atoms with van der Waals surface area (Å²) < 4.78 is 5.20. The molecule has 0 saturated carbocycles. The zero-order chi connectivity index (χ0) is 14.0. The molecule has 0 unspecified atom stereocenters. The summed E-state index contributed by atoms with van der Waals surface area (Å²) in [4.78, 5) is 26.0. The molecule has 5 heteroatoms. The standard InChI is InChI=1S/C14H15NO4/c1-8-9(6-7-12(16)17)14(18)10-4-3-5-11(19-2)13(10)15-8/h3-5H,6-7H2,1-2H3,(H,15,18)(H,16,17)/p-1. The number of hydrogen-bond acceptors (Lipinski definition) is 4. The zero-order valence-electron chi connectivity index (χ0n) is 10.8. The number of fused-ring (bicyclic) bond motifs is 1. The summed E-state index contributed by atoms with van der Waals surface area (Å²) in [5, 5.41) is 11.0. The lowest BCUT2D eigenvalue weighted by Gasteiger charge is -2.10. The van der Waals surface area contributed by atoms with Crippen LogP contribution in [-0.2, 0) is 11.2 Å². The number of aromatic amines is 1. The SMILES string of the molecule is COc1cccc2c(=O)c(CCC(=O)[O-])c(C)[nH]c12. The molecule has 0 spiro atoms. The van der Waals surface area contributed by atoms with Crippen LogP contribution in [0.25, 0.3) is 10.9 Å². The molecule has 1 N–H and O–H groups in total. The average Bonchev–Trinajstić information content (AvgIpc) is 2.37. The summed E-state index contributed by atoms with van der Waals surface area (Å²) in [6.45, 7) is 1.75. The van der Waals surface area contributed by atoms with E-state index in [2.05, 4.69) is 4.98 Å². The molecule has 2 rings (SSSR count). The first-order valence-electron chi connectivity index (χ1n) is 5.93. The fourth-order valence-electron chi connectivity index (χ4n) is 2.14.